The topological polar surface area (TPSA) is 67.7 Å². The number of amides is 1. The minimum atomic E-state index is -0.594. The molecule has 2 unspecified atom stereocenters. The van der Waals surface area contributed by atoms with E-state index in [4.69, 9.17) is 4.74 Å². The van der Waals surface area contributed by atoms with Crippen molar-refractivity contribution >= 4 is 34.2 Å². The van der Waals surface area contributed by atoms with Gasteiger partial charge < -0.3 is 19.1 Å². The zero-order valence-electron chi connectivity index (χ0n) is 25.0. The number of hydrogen-bond donors (Lipinski definition) is 0. The molecule has 0 bridgehead atoms. The van der Waals surface area contributed by atoms with E-state index in [9.17, 15) is 14.0 Å². The van der Waals surface area contributed by atoms with Crippen LogP contribution in [0.25, 0.3) is 11.0 Å². The minimum absolute atomic E-state index is 0.00784. The van der Waals surface area contributed by atoms with Gasteiger partial charge in [0.15, 0.2) is 0 Å². The van der Waals surface area contributed by atoms with Crippen LogP contribution < -0.4 is 0 Å². The molecule has 7 nitrogen and oxygen atoms in total. The zero-order chi connectivity index (χ0) is 30.1. The molecular weight excluding hydrogens is 563 g/mol. The molecule has 2 aromatic heterocycles. The molecule has 43 heavy (non-hydrogen) atoms. The lowest BCUT2D eigenvalue weighted by molar-refractivity contribution is -0.155. The van der Waals surface area contributed by atoms with E-state index in [1.54, 1.807) is 34.4 Å². The SMILES string of the molecule is CC(C)(C)OC(=O)Cn1cnc2cccc(C(=O)N3CC(CN4CCC(c5ccc(F)cc5)CC4)C(c4ccsc4)C3)c21. The number of halogens is 1. The number of para-hydroxylation sites is 1. The zero-order valence-corrected chi connectivity index (χ0v) is 25.9. The minimum Gasteiger partial charge on any atom is -0.459 e. The van der Waals surface area contributed by atoms with Gasteiger partial charge in [-0.2, -0.15) is 11.3 Å². The summed E-state index contributed by atoms with van der Waals surface area (Å²) in [6.45, 7) is 9.76. The van der Waals surface area contributed by atoms with Gasteiger partial charge in [0.1, 0.15) is 18.0 Å². The van der Waals surface area contributed by atoms with Gasteiger partial charge in [0.05, 0.1) is 22.9 Å². The summed E-state index contributed by atoms with van der Waals surface area (Å²) in [5.41, 5.74) is 3.82. The van der Waals surface area contributed by atoms with E-state index < -0.39 is 5.60 Å². The molecule has 2 aliphatic rings. The van der Waals surface area contributed by atoms with Gasteiger partial charge in [0.25, 0.3) is 5.91 Å². The Kier molecular flexibility index (Phi) is 8.38. The van der Waals surface area contributed by atoms with Gasteiger partial charge in [-0.25, -0.2) is 9.37 Å². The average Bonchev–Trinajstić information content (AvgIpc) is 3.73. The molecule has 2 saturated heterocycles. The van der Waals surface area contributed by atoms with Gasteiger partial charge in [-0.15, -0.1) is 0 Å². The Balaban J connectivity index is 1.18. The van der Waals surface area contributed by atoms with Gasteiger partial charge >= 0.3 is 5.97 Å². The summed E-state index contributed by atoms with van der Waals surface area (Å²) in [4.78, 5) is 35.8. The summed E-state index contributed by atoms with van der Waals surface area (Å²) in [6, 6.07) is 14.7. The number of aromatic nitrogens is 2. The van der Waals surface area contributed by atoms with Crippen LogP contribution in [0.15, 0.2) is 65.6 Å². The second-order valence-corrected chi connectivity index (χ2v) is 13.7. The van der Waals surface area contributed by atoms with E-state index in [2.05, 4.69) is 26.7 Å². The van der Waals surface area contributed by atoms with Crippen molar-refractivity contribution in [1.29, 1.82) is 0 Å². The van der Waals surface area contributed by atoms with E-state index in [0.717, 1.165) is 32.5 Å². The van der Waals surface area contributed by atoms with Crippen LogP contribution in [-0.4, -0.2) is 69.6 Å². The molecule has 2 aromatic carbocycles. The van der Waals surface area contributed by atoms with Crippen LogP contribution >= 0.6 is 11.3 Å². The van der Waals surface area contributed by atoms with Crippen molar-refractivity contribution in [2.75, 3.05) is 32.7 Å². The average molecular weight is 603 g/mol. The first-order valence-corrected chi connectivity index (χ1v) is 16.0. The third kappa shape index (κ3) is 6.68. The highest BCUT2D eigenvalue weighted by molar-refractivity contribution is 7.08. The molecule has 4 heterocycles. The molecule has 0 saturated carbocycles. The largest absolute Gasteiger partial charge is 0.459 e. The molecule has 2 aliphatic heterocycles. The Morgan fingerprint density at radius 3 is 2.49 bits per heavy atom. The van der Waals surface area contributed by atoms with E-state index >= 15 is 0 Å². The highest BCUT2D eigenvalue weighted by Crippen LogP contribution is 2.37. The molecule has 9 heteroatoms. The van der Waals surface area contributed by atoms with E-state index in [0.29, 0.717) is 41.5 Å². The lowest BCUT2D eigenvalue weighted by Gasteiger charge is -2.34. The summed E-state index contributed by atoms with van der Waals surface area (Å²) >= 11 is 1.69. The third-order valence-corrected chi connectivity index (χ3v) is 9.41. The highest BCUT2D eigenvalue weighted by Gasteiger charge is 2.38. The molecule has 6 rings (SSSR count). The lowest BCUT2D eigenvalue weighted by Crippen LogP contribution is -2.38. The summed E-state index contributed by atoms with van der Waals surface area (Å²) in [5.74, 6) is 0.440. The Hall–Kier alpha value is -3.56. The van der Waals surface area contributed by atoms with Crippen LogP contribution in [0.2, 0.25) is 0 Å². The number of benzene rings is 2. The fourth-order valence-electron chi connectivity index (χ4n) is 6.70. The van der Waals surface area contributed by atoms with Gasteiger partial charge in [0.2, 0.25) is 0 Å². The van der Waals surface area contributed by atoms with Crippen LogP contribution in [0.3, 0.4) is 0 Å². The molecule has 0 N–H and O–H groups in total. The summed E-state index contributed by atoms with van der Waals surface area (Å²) in [5, 5.41) is 4.32. The molecule has 226 valence electrons. The van der Waals surface area contributed by atoms with Crippen LogP contribution in [-0.2, 0) is 16.1 Å². The smallest absolute Gasteiger partial charge is 0.326 e. The van der Waals surface area contributed by atoms with Crippen LogP contribution in [0.1, 0.15) is 66.9 Å². The maximum atomic E-state index is 14.1. The van der Waals surface area contributed by atoms with Crippen LogP contribution in [0.4, 0.5) is 4.39 Å². The van der Waals surface area contributed by atoms with Crippen molar-refractivity contribution in [3.05, 3.63) is 88.1 Å². The van der Waals surface area contributed by atoms with Crippen molar-refractivity contribution in [1.82, 2.24) is 19.4 Å². The Labute approximate surface area is 256 Å². The van der Waals surface area contributed by atoms with E-state index in [1.807, 2.05) is 56.0 Å². The predicted octanol–water partition coefficient (Wildman–Crippen LogP) is 6.31. The molecule has 1 amide bonds. The number of likely N-dealkylation sites (tertiary alicyclic amines) is 2. The normalized spacial score (nSPS) is 20.1. The molecular formula is C34H39FN4O3S. The second-order valence-electron chi connectivity index (χ2n) is 12.9. The van der Waals surface area contributed by atoms with E-state index in [1.165, 1.54) is 11.1 Å². The fraction of sp³-hybridized carbons (Fsp3) is 0.441. The number of imidazole rings is 1. The molecule has 2 atom stereocenters. The first-order chi connectivity index (χ1) is 20.6. The van der Waals surface area contributed by atoms with Gasteiger partial charge in [0, 0.05) is 25.6 Å². The standard InChI is InChI=1S/C34H39FN4O3S/c1-34(2,3)42-31(40)20-39-22-36-30-6-4-5-28(32(30)39)33(41)38-18-26(29(19-38)25-13-16-43-21-25)17-37-14-11-24(12-15-37)23-7-9-27(35)10-8-23/h4-10,13,16,21-22,24,26,29H,11-12,14-15,17-20H2,1-3H3. The maximum Gasteiger partial charge on any atom is 0.326 e. The Morgan fingerprint density at radius 2 is 1.79 bits per heavy atom. The molecule has 0 spiro atoms. The lowest BCUT2D eigenvalue weighted by atomic mass is 9.87. The van der Waals surface area contributed by atoms with Crippen molar-refractivity contribution in [2.45, 2.75) is 57.6 Å². The summed E-state index contributed by atoms with van der Waals surface area (Å²) < 4.78 is 20.7. The van der Waals surface area contributed by atoms with Crippen molar-refractivity contribution in [3.63, 3.8) is 0 Å². The Morgan fingerprint density at radius 1 is 1.02 bits per heavy atom. The molecule has 0 radical (unpaired) electrons. The van der Waals surface area contributed by atoms with Crippen molar-refractivity contribution in [3.8, 4) is 0 Å². The number of rotatable bonds is 7. The first kappa shape index (κ1) is 29.5. The Bertz CT molecular complexity index is 1570. The number of thiophene rings is 1. The molecule has 0 aliphatic carbocycles. The number of carbonyl (C=O) groups excluding carboxylic acids is 2. The summed E-state index contributed by atoms with van der Waals surface area (Å²) in [6.07, 6.45) is 3.71. The van der Waals surface area contributed by atoms with E-state index in [-0.39, 0.29) is 30.2 Å². The highest BCUT2D eigenvalue weighted by atomic mass is 32.1. The van der Waals surface area contributed by atoms with Gasteiger partial charge in [-0.1, -0.05) is 18.2 Å². The second kappa shape index (κ2) is 12.2. The fourth-order valence-corrected chi connectivity index (χ4v) is 7.43. The number of fused-ring (bicyclic) bond motifs is 1. The quantitative estimate of drug-likeness (QED) is 0.232. The molecule has 4 aromatic rings. The third-order valence-electron chi connectivity index (χ3n) is 8.71. The summed E-state index contributed by atoms with van der Waals surface area (Å²) in [7, 11) is 0. The van der Waals surface area contributed by atoms with Crippen LogP contribution in [0, 0.1) is 11.7 Å². The van der Waals surface area contributed by atoms with Gasteiger partial charge in [-0.3, -0.25) is 9.59 Å². The van der Waals surface area contributed by atoms with Crippen molar-refractivity contribution < 1.29 is 18.7 Å². The monoisotopic (exact) mass is 602 g/mol. The number of hydrogen-bond acceptors (Lipinski definition) is 6. The number of esters is 1. The van der Waals surface area contributed by atoms with Crippen LogP contribution in [0.5, 0.6) is 0 Å². The number of piperidine rings is 1. The molecule has 2 fully saturated rings. The van der Waals surface area contributed by atoms with Crippen molar-refractivity contribution in [2.24, 2.45) is 5.92 Å². The number of ether oxygens (including phenoxy) is 1. The predicted molar refractivity (Wildman–Crippen MR) is 167 cm³/mol. The van der Waals surface area contributed by atoms with Gasteiger partial charge in [-0.05, 0) is 111 Å². The number of nitrogens with zero attached hydrogens (tertiary/aromatic N) is 4. The number of carbonyl (C=O) groups is 2. The first-order valence-electron chi connectivity index (χ1n) is 15.1. The maximum absolute atomic E-state index is 14.1.